The largest absolute Gasteiger partial charge is 0.353 e. The number of hydrogen-bond acceptors (Lipinski definition) is 6. The first kappa shape index (κ1) is 15.8. The van der Waals surface area contributed by atoms with Crippen molar-refractivity contribution in [3.63, 3.8) is 0 Å². The van der Waals surface area contributed by atoms with Gasteiger partial charge in [-0.2, -0.15) is 0 Å². The van der Waals surface area contributed by atoms with E-state index in [2.05, 4.69) is 29.7 Å². The van der Waals surface area contributed by atoms with E-state index in [0.29, 0.717) is 0 Å². The molecule has 6 nitrogen and oxygen atoms in total. The van der Waals surface area contributed by atoms with Crippen LogP contribution >= 0.6 is 0 Å². The first-order valence-corrected chi connectivity index (χ1v) is 8.42. The lowest BCUT2D eigenvalue weighted by Crippen LogP contribution is -2.47. The molecule has 0 saturated carbocycles. The predicted molar refractivity (Wildman–Crippen MR) is 93.9 cm³/mol. The molecule has 0 N–H and O–H groups in total. The number of rotatable bonds is 4. The van der Waals surface area contributed by atoms with Gasteiger partial charge in [0.05, 0.1) is 11.2 Å². The number of anilines is 1. The van der Waals surface area contributed by atoms with E-state index in [1.807, 2.05) is 6.20 Å². The van der Waals surface area contributed by atoms with Crippen LogP contribution in [0.5, 0.6) is 0 Å². The van der Waals surface area contributed by atoms with E-state index in [1.165, 1.54) is 12.1 Å². The van der Waals surface area contributed by atoms with Gasteiger partial charge in [0.25, 0.3) is 0 Å². The summed E-state index contributed by atoms with van der Waals surface area (Å²) in [6.45, 7) is 4.58. The average Bonchev–Trinajstić information content (AvgIpc) is 2.67. The van der Waals surface area contributed by atoms with Gasteiger partial charge in [0, 0.05) is 63.1 Å². The third-order valence-electron chi connectivity index (χ3n) is 4.55. The van der Waals surface area contributed by atoms with Gasteiger partial charge in [-0.3, -0.25) is 14.9 Å². The van der Waals surface area contributed by atoms with Crippen LogP contribution in [0.4, 0.5) is 10.2 Å². The maximum atomic E-state index is 13.6. The Balaban J connectivity index is 1.41. The molecule has 1 aromatic carbocycles. The summed E-state index contributed by atoms with van der Waals surface area (Å²) in [5.74, 6) is 0.559. The lowest BCUT2D eigenvalue weighted by Gasteiger charge is -2.35. The summed E-state index contributed by atoms with van der Waals surface area (Å²) in [7, 11) is 0. The minimum atomic E-state index is -0.258. The summed E-state index contributed by atoms with van der Waals surface area (Å²) < 4.78 is 13.6. The second-order valence-electron chi connectivity index (χ2n) is 6.13. The molecule has 128 valence electrons. The molecule has 0 aliphatic carbocycles. The molecule has 0 amide bonds. The number of benzene rings is 1. The Labute approximate surface area is 145 Å². The molecule has 0 radical (unpaired) electrons. The number of hydrogen-bond donors (Lipinski definition) is 0. The summed E-state index contributed by atoms with van der Waals surface area (Å²) in [4.78, 5) is 21.7. The Bertz CT molecular complexity index is 849. The summed E-state index contributed by atoms with van der Waals surface area (Å²) in [5.41, 5.74) is 1.79. The standard InChI is InChI=1S/C18H19FN6/c19-14-1-2-17-16(11-14)18(23-13-22-17)25-9-7-24(8-10-25)6-3-15-12-20-4-5-21-15/h1-2,4-5,11-13H,3,6-10H2. The van der Waals surface area contributed by atoms with Crippen LogP contribution < -0.4 is 4.90 Å². The summed E-state index contributed by atoms with van der Waals surface area (Å²) in [6, 6.07) is 4.65. The van der Waals surface area contributed by atoms with Crippen molar-refractivity contribution >= 4 is 16.7 Å². The summed E-state index contributed by atoms with van der Waals surface area (Å²) in [6.07, 6.45) is 7.69. The Hall–Kier alpha value is -2.67. The molecule has 25 heavy (non-hydrogen) atoms. The van der Waals surface area contributed by atoms with Gasteiger partial charge >= 0.3 is 0 Å². The van der Waals surface area contributed by atoms with Crippen molar-refractivity contribution in [1.82, 2.24) is 24.8 Å². The van der Waals surface area contributed by atoms with Crippen molar-refractivity contribution < 1.29 is 4.39 Å². The average molecular weight is 338 g/mol. The molecule has 2 aromatic heterocycles. The van der Waals surface area contributed by atoms with E-state index in [9.17, 15) is 4.39 Å². The molecule has 1 aliphatic heterocycles. The van der Waals surface area contributed by atoms with Crippen LogP contribution in [-0.4, -0.2) is 57.6 Å². The van der Waals surface area contributed by atoms with Gasteiger partial charge in [-0.05, 0) is 18.2 Å². The van der Waals surface area contributed by atoms with Crippen LogP contribution in [0.3, 0.4) is 0 Å². The van der Waals surface area contributed by atoms with Gasteiger partial charge in [0.15, 0.2) is 0 Å². The molecule has 0 atom stereocenters. The van der Waals surface area contributed by atoms with Crippen molar-refractivity contribution in [2.45, 2.75) is 6.42 Å². The van der Waals surface area contributed by atoms with Crippen LogP contribution in [-0.2, 0) is 6.42 Å². The highest BCUT2D eigenvalue weighted by atomic mass is 19.1. The van der Waals surface area contributed by atoms with E-state index < -0.39 is 0 Å². The Kier molecular flexibility index (Phi) is 4.47. The minimum Gasteiger partial charge on any atom is -0.353 e. The van der Waals surface area contributed by atoms with E-state index in [0.717, 1.165) is 61.6 Å². The fraction of sp³-hybridized carbons (Fsp3) is 0.333. The molecule has 0 unspecified atom stereocenters. The summed E-state index contributed by atoms with van der Waals surface area (Å²) >= 11 is 0. The molecule has 0 spiro atoms. The number of aromatic nitrogens is 4. The van der Waals surface area contributed by atoms with Crippen LogP contribution in [0.2, 0.25) is 0 Å². The molecule has 1 saturated heterocycles. The molecule has 3 heterocycles. The number of fused-ring (bicyclic) bond motifs is 1. The number of piperazine rings is 1. The molecule has 1 fully saturated rings. The zero-order valence-electron chi connectivity index (χ0n) is 13.8. The lowest BCUT2D eigenvalue weighted by molar-refractivity contribution is 0.260. The van der Waals surface area contributed by atoms with Crippen LogP contribution in [0.15, 0.2) is 43.1 Å². The molecular weight excluding hydrogens is 319 g/mol. The van der Waals surface area contributed by atoms with Crippen molar-refractivity contribution in [1.29, 1.82) is 0 Å². The Morgan fingerprint density at radius 3 is 2.68 bits per heavy atom. The highest BCUT2D eigenvalue weighted by Crippen LogP contribution is 2.24. The van der Waals surface area contributed by atoms with E-state index in [1.54, 1.807) is 24.8 Å². The molecule has 4 rings (SSSR count). The van der Waals surface area contributed by atoms with Crippen LogP contribution in [0.25, 0.3) is 10.9 Å². The Morgan fingerprint density at radius 1 is 1.00 bits per heavy atom. The van der Waals surface area contributed by atoms with Gasteiger partial charge in [0.1, 0.15) is 18.0 Å². The normalized spacial score (nSPS) is 15.6. The molecule has 1 aliphatic rings. The summed E-state index contributed by atoms with van der Waals surface area (Å²) in [5, 5.41) is 0.774. The molecular formula is C18H19FN6. The van der Waals surface area contributed by atoms with Crippen molar-refractivity contribution in [2.75, 3.05) is 37.6 Å². The maximum Gasteiger partial charge on any atom is 0.140 e. The third-order valence-corrected chi connectivity index (χ3v) is 4.55. The topological polar surface area (TPSA) is 58.0 Å². The van der Waals surface area contributed by atoms with Gasteiger partial charge in [-0.25, -0.2) is 14.4 Å². The Morgan fingerprint density at radius 2 is 1.88 bits per heavy atom. The quantitative estimate of drug-likeness (QED) is 0.724. The molecule has 7 heteroatoms. The van der Waals surface area contributed by atoms with E-state index in [-0.39, 0.29) is 5.82 Å². The number of halogens is 1. The highest BCUT2D eigenvalue weighted by molar-refractivity contribution is 5.89. The van der Waals surface area contributed by atoms with E-state index in [4.69, 9.17) is 0 Å². The highest BCUT2D eigenvalue weighted by Gasteiger charge is 2.20. The van der Waals surface area contributed by atoms with E-state index >= 15 is 0 Å². The lowest BCUT2D eigenvalue weighted by atomic mass is 10.2. The number of nitrogens with zero attached hydrogens (tertiary/aromatic N) is 6. The van der Waals surface area contributed by atoms with Crippen molar-refractivity contribution in [3.8, 4) is 0 Å². The first-order chi connectivity index (χ1) is 12.3. The monoisotopic (exact) mass is 338 g/mol. The second kappa shape index (κ2) is 7.06. The fourth-order valence-corrected chi connectivity index (χ4v) is 3.18. The minimum absolute atomic E-state index is 0.258. The van der Waals surface area contributed by atoms with Gasteiger partial charge in [-0.15, -0.1) is 0 Å². The van der Waals surface area contributed by atoms with Gasteiger partial charge in [-0.1, -0.05) is 0 Å². The molecule has 0 bridgehead atoms. The zero-order chi connectivity index (χ0) is 17.1. The second-order valence-corrected chi connectivity index (χ2v) is 6.13. The molecule has 3 aromatic rings. The van der Waals surface area contributed by atoms with Gasteiger partial charge in [0.2, 0.25) is 0 Å². The fourth-order valence-electron chi connectivity index (χ4n) is 3.18. The zero-order valence-corrected chi connectivity index (χ0v) is 13.8. The predicted octanol–water partition coefficient (Wildman–Crippen LogP) is 1.92. The van der Waals surface area contributed by atoms with Crippen LogP contribution in [0.1, 0.15) is 5.69 Å². The smallest absolute Gasteiger partial charge is 0.140 e. The van der Waals surface area contributed by atoms with Crippen molar-refractivity contribution in [3.05, 3.63) is 54.6 Å². The van der Waals surface area contributed by atoms with Gasteiger partial charge < -0.3 is 4.90 Å². The SMILES string of the molecule is Fc1ccc2ncnc(N3CCN(CCc4cnccn4)CC3)c2c1. The third kappa shape index (κ3) is 3.56. The van der Waals surface area contributed by atoms with Crippen molar-refractivity contribution in [2.24, 2.45) is 0 Å². The first-order valence-electron chi connectivity index (χ1n) is 8.42. The maximum absolute atomic E-state index is 13.6. The van der Waals surface area contributed by atoms with Crippen LogP contribution in [0, 0.1) is 5.82 Å².